The zero-order valence-corrected chi connectivity index (χ0v) is 9.22. The molecule has 4 heteroatoms. The van der Waals surface area contributed by atoms with Gasteiger partial charge in [-0.1, -0.05) is 12.1 Å². The molecule has 0 unspecified atom stereocenters. The van der Waals surface area contributed by atoms with Crippen molar-refractivity contribution in [3.63, 3.8) is 0 Å². The Kier molecular flexibility index (Phi) is 4.79. The van der Waals surface area contributed by atoms with Gasteiger partial charge < -0.3 is 14.9 Å². The Bertz CT molecular complexity index is 331. The smallest absolute Gasteiger partial charge is 0.305 e. The van der Waals surface area contributed by atoms with Crippen LogP contribution < -0.4 is 4.74 Å². The van der Waals surface area contributed by atoms with Gasteiger partial charge in [-0.15, -0.1) is 0 Å². The van der Waals surface area contributed by atoms with Crippen LogP contribution in [-0.4, -0.2) is 29.4 Å². The van der Waals surface area contributed by atoms with Crippen molar-refractivity contribution in [2.75, 3.05) is 7.11 Å². The summed E-state index contributed by atoms with van der Waals surface area (Å²) in [4.78, 5) is 10.3. The van der Waals surface area contributed by atoms with Crippen molar-refractivity contribution >= 4 is 5.97 Å². The highest BCUT2D eigenvalue weighted by Crippen LogP contribution is 2.13. The Hall–Kier alpha value is -1.55. The molecule has 0 aliphatic heterocycles. The molecular formula is C12H16O4. The number of hydrogen-bond donors (Lipinski definition) is 2. The first-order chi connectivity index (χ1) is 7.61. The molecule has 0 aromatic heterocycles. The first kappa shape index (κ1) is 12.5. The fourth-order valence-electron chi connectivity index (χ4n) is 1.43. The molecule has 1 atom stereocenters. The van der Waals surface area contributed by atoms with E-state index in [1.165, 1.54) is 0 Å². The lowest BCUT2D eigenvalue weighted by molar-refractivity contribution is -0.139. The number of benzene rings is 1. The van der Waals surface area contributed by atoms with Crippen LogP contribution in [0.1, 0.15) is 18.4 Å². The molecule has 16 heavy (non-hydrogen) atoms. The monoisotopic (exact) mass is 224 g/mol. The van der Waals surface area contributed by atoms with Gasteiger partial charge in [0.1, 0.15) is 5.75 Å². The summed E-state index contributed by atoms with van der Waals surface area (Å²) < 4.78 is 5.02. The number of aliphatic hydroxyl groups excluding tert-OH is 1. The quantitative estimate of drug-likeness (QED) is 0.767. The van der Waals surface area contributed by atoms with Gasteiger partial charge in [-0.3, -0.25) is 4.79 Å². The van der Waals surface area contributed by atoms with Gasteiger partial charge in [0, 0.05) is 0 Å². The van der Waals surface area contributed by atoms with E-state index in [1.54, 1.807) is 7.11 Å². The number of carboxylic acid groups (broad SMARTS) is 1. The summed E-state index contributed by atoms with van der Waals surface area (Å²) in [7, 11) is 1.60. The molecule has 0 saturated heterocycles. The van der Waals surface area contributed by atoms with Gasteiger partial charge in [-0.25, -0.2) is 0 Å². The molecule has 4 nitrogen and oxygen atoms in total. The standard InChI is InChI=1S/C12H16O4/c1-16-11-6-3-9(4-7-11)2-5-10(13)8-12(14)15/h3-4,6-7,10,13H,2,5,8H2,1H3,(H,14,15)/t10-/m1/s1. The maximum absolute atomic E-state index is 10.3. The van der Waals surface area contributed by atoms with Gasteiger partial charge in [0.2, 0.25) is 0 Å². The first-order valence-corrected chi connectivity index (χ1v) is 5.14. The highest BCUT2D eigenvalue weighted by atomic mass is 16.5. The molecule has 0 aliphatic carbocycles. The fourth-order valence-corrected chi connectivity index (χ4v) is 1.43. The van der Waals surface area contributed by atoms with Crippen molar-refractivity contribution in [3.8, 4) is 5.75 Å². The van der Waals surface area contributed by atoms with Crippen LogP contribution in [0.3, 0.4) is 0 Å². The third-order valence-electron chi connectivity index (χ3n) is 2.34. The minimum atomic E-state index is -0.970. The number of ether oxygens (including phenoxy) is 1. The summed E-state index contributed by atoms with van der Waals surface area (Å²) in [6, 6.07) is 7.51. The van der Waals surface area contributed by atoms with Crippen molar-refractivity contribution in [3.05, 3.63) is 29.8 Å². The largest absolute Gasteiger partial charge is 0.497 e. The average molecular weight is 224 g/mol. The van der Waals surface area contributed by atoms with Crippen LogP contribution in [0.5, 0.6) is 5.75 Å². The van der Waals surface area contributed by atoms with E-state index in [-0.39, 0.29) is 6.42 Å². The number of methoxy groups -OCH3 is 1. The van der Waals surface area contributed by atoms with E-state index < -0.39 is 12.1 Å². The molecule has 0 heterocycles. The van der Waals surface area contributed by atoms with Gasteiger partial charge in [-0.2, -0.15) is 0 Å². The third-order valence-corrected chi connectivity index (χ3v) is 2.34. The molecule has 0 aliphatic rings. The molecule has 0 radical (unpaired) electrons. The predicted molar refractivity (Wildman–Crippen MR) is 59.6 cm³/mol. The van der Waals surface area contributed by atoms with Crippen molar-refractivity contribution < 1.29 is 19.7 Å². The predicted octanol–water partition coefficient (Wildman–Crippen LogP) is 1.46. The van der Waals surface area contributed by atoms with Gasteiger partial charge in [-0.05, 0) is 30.5 Å². The van der Waals surface area contributed by atoms with Crippen LogP contribution in [0.15, 0.2) is 24.3 Å². The van der Waals surface area contributed by atoms with Crippen LogP contribution in [0.4, 0.5) is 0 Å². The Morgan fingerprint density at radius 2 is 2.00 bits per heavy atom. The number of aliphatic hydroxyl groups is 1. The Morgan fingerprint density at radius 3 is 2.50 bits per heavy atom. The van der Waals surface area contributed by atoms with Gasteiger partial charge in [0.15, 0.2) is 0 Å². The summed E-state index contributed by atoms with van der Waals surface area (Å²) in [5.41, 5.74) is 1.06. The van der Waals surface area contributed by atoms with Crippen molar-refractivity contribution in [1.29, 1.82) is 0 Å². The number of aryl methyl sites for hydroxylation is 1. The summed E-state index contributed by atoms with van der Waals surface area (Å²) in [6.45, 7) is 0. The minimum absolute atomic E-state index is 0.198. The summed E-state index contributed by atoms with van der Waals surface area (Å²) in [5.74, 6) is -0.183. The van der Waals surface area contributed by atoms with Crippen molar-refractivity contribution in [2.24, 2.45) is 0 Å². The van der Waals surface area contributed by atoms with E-state index in [0.29, 0.717) is 12.8 Å². The summed E-state index contributed by atoms with van der Waals surface area (Å²) in [5, 5.41) is 17.8. The highest BCUT2D eigenvalue weighted by Gasteiger charge is 2.09. The third kappa shape index (κ3) is 4.31. The van der Waals surface area contributed by atoms with E-state index in [2.05, 4.69) is 0 Å². The van der Waals surface area contributed by atoms with Gasteiger partial charge in [0.05, 0.1) is 19.6 Å². The van der Waals surface area contributed by atoms with Gasteiger partial charge in [0.25, 0.3) is 0 Å². The fraction of sp³-hybridized carbons (Fsp3) is 0.417. The molecule has 1 rings (SSSR count). The lowest BCUT2D eigenvalue weighted by Crippen LogP contribution is -2.13. The average Bonchev–Trinajstić information content (AvgIpc) is 2.26. The Labute approximate surface area is 94.5 Å². The zero-order chi connectivity index (χ0) is 12.0. The maximum atomic E-state index is 10.3. The van der Waals surface area contributed by atoms with E-state index in [4.69, 9.17) is 9.84 Å². The molecule has 0 spiro atoms. The second kappa shape index (κ2) is 6.12. The zero-order valence-electron chi connectivity index (χ0n) is 9.22. The molecule has 0 fully saturated rings. The Balaban J connectivity index is 2.39. The molecule has 0 saturated carbocycles. The number of rotatable bonds is 6. The number of hydrogen-bond acceptors (Lipinski definition) is 3. The topological polar surface area (TPSA) is 66.8 Å². The Morgan fingerprint density at radius 1 is 1.38 bits per heavy atom. The molecule has 1 aromatic rings. The van der Waals surface area contributed by atoms with Crippen molar-refractivity contribution in [1.82, 2.24) is 0 Å². The number of carbonyl (C=O) groups is 1. The van der Waals surface area contributed by atoms with E-state index in [0.717, 1.165) is 11.3 Å². The maximum Gasteiger partial charge on any atom is 0.305 e. The summed E-state index contributed by atoms with van der Waals surface area (Å²) >= 11 is 0. The van der Waals surface area contributed by atoms with Crippen LogP contribution >= 0.6 is 0 Å². The minimum Gasteiger partial charge on any atom is -0.497 e. The van der Waals surface area contributed by atoms with E-state index >= 15 is 0 Å². The molecule has 0 amide bonds. The molecule has 88 valence electrons. The lowest BCUT2D eigenvalue weighted by Gasteiger charge is -2.08. The van der Waals surface area contributed by atoms with E-state index in [9.17, 15) is 9.90 Å². The summed E-state index contributed by atoms with van der Waals surface area (Å²) in [6.07, 6.45) is 0.146. The number of carboxylic acids is 1. The van der Waals surface area contributed by atoms with Crippen LogP contribution in [0.25, 0.3) is 0 Å². The molecule has 0 bridgehead atoms. The van der Waals surface area contributed by atoms with Gasteiger partial charge >= 0.3 is 5.97 Å². The van der Waals surface area contributed by atoms with Crippen LogP contribution in [0, 0.1) is 0 Å². The molecule has 2 N–H and O–H groups in total. The molecule has 1 aromatic carbocycles. The normalized spacial score (nSPS) is 12.1. The van der Waals surface area contributed by atoms with Crippen LogP contribution in [-0.2, 0) is 11.2 Å². The first-order valence-electron chi connectivity index (χ1n) is 5.14. The lowest BCUT2D eigenvalue weighted by atomic mass is 10.1. The second-order valence-electron chi connectivity index (χ2n) is 3.64. The molecular weight excluding hydrogens is 208 g/mol. The highest BCUT2D eigenvalue weighted by molar-refractivity contribution is 5.67. The van der Waals surface area contributed by atoms with Crippen LogP contribution in [0.2, 0.25) is 0 Å². The van der Waals surface area contributed by atoms with E-state index in [1.807, 2.05) is 24.3 Å². The number of aliphatic carboxylic acids is 1. The van der Waals surface area contributed by atoms with Crippen molar-refractivity contribution in [2.45, 2.75) is 25.4 Å². The second-order valence-corrected chi connectivity index (χ2v) is 3.64. The SMILES string of the molecule is COc1ccc(CC[C@@H](O)CC(=O)O)cc1.